The lowest BCUT2D eigenvalue weighted by molar-refractivity contribution is -0.132. The van der Waals surface area contributed by atoms with E-state index in [0.717, 1.165) is 44.0 Å². The summed E-state index contributed by atoms with van der Waals surface area (Å²) in [6.45, 7) is 8.70. The Morgan fingerprint density at radius 1 is 1.09 bits per heavy atom. The van der Waals surface area contributed by atoms with Crippen molar-refractivity contribution in [3.8, 4) is 5.75 Å². The maximum Gasteiger partial charge on any atom is 0.262 e. The summed E-state index contributed by atoms with van der Waals surface area (Å²) in [5, 5.41) is 0.793. The maximum absolute atomic E-state index is 13.4. The van der Waals surface area contributed by atoms with Crippen molar-refractivity contribution in [3.05, 3.63) is 64.4 Å². The zero-order valence-electron chi connectivity index (χ0n) is 19.4. The number of ether oxygens (including phenoxy) is 1. The lowest BCUT2D eigenvalue weighted by atomic mass is 10.2. The average molecular weight is 467 g/mol. The molecule has 1 unspecified atom stereocenters. The van der Waals surface area contributed by atoms with Gasteiger partial charge >= 0.3 is 0 Å². The van der Waals surface area contributed by atoms with Crippen molar-refractivity contribution in [1.29, 1.82) is 0 Å². The standard InChI is InChI=1S/C25H30N4O3S/c1-4-27-13-15-28(16-14-27)23(30)18(2)33-25-26-22-8-6-5-7-21(22)24(31)29(25)17-19-9-11-20(32-3)12-10-19/h5-12,18H,4,13-17H2,1-3H3. The van der Waals surface area contributed by atoms with Gasteiger partial charge in [0, 0.05) is 26.2 Å². The van der Waals surface area contributed by atoms with Crippen LogP contribution in [-0.2, 0) is 11.3 Å². The summed E-state index contributed by atoms with van der Waals surface area (Å²) < 4.78 is 6.92. The first-order valence-electron chi connectivity index (χ1n) is 11.3. The third kappa shape index (κ3) is 5.23. The van der Waals surface area contributed by atoms with E-state index in [2.05, 4.69) is 11.8 Å². The zero-order chi connectivity index (χ0) is 23.4. The van der Waals surface area contributed by atoms with Gasteiger partial charge in [0.15, 0.2) is 5.16 Å². The Labute approximate surface area is 198 Å². The van der Waals surface area contributed by atoms with E-state index in [4.69, 9.17) is 9.72 Å². The number of hydrogen-bond acceptors (Lipinski definition) is 6. The molecule has 1 aromatic heterocycles. The Hall–Kier alpha value is -2.84. The molecule has 7 nitrogen and oxygen atoms in total. The van der Waals surface area contributed by atoms with Crippen LogP contribution in [-0.4, -0.2) is 70.3 Å². The van der Waals surface area contributed by atoms with Gasteiger partial charge in [-0.05, 0) is 43.3 Å². The predicted octanol–water partition coefficient (Wildman–Crippen LogP) is 3.10. The highest BCUT2D eigenvalue weighted by Gasteiger charge is 2.26. The molecular weight excluding hydrogens is 436 g/mol. The first-order valence-corrected chi connectivity index (χ1v) is 12.2. The molecule has 1 atom stereocenters. The van der Waals surface area contributed by atoms with Gasteiger partial charge in [-0.2, -0.15) is 0 Å². The van der Waals surface area contributed by atoms with Crippen LogP contribution in [0.5, 0.6) is 5.75 Å². The summed E-state index contributed by atoms with van der Waals surface area (Å²) in [6.07, 6.45) is 0. The average Bonchev–Trinajstić information content (AvgIpc) is 2.86. The molecule has 0 radical (unpaired) electrons. The second-order valence-corrected chi connectivity index (χ2v) is 9.48. The van der Waals surface area contributed by atoms with Gasteiger partial charge in [0.05, 0.1) is 29.8 Å². The number of hydrogen-bond donors (Lipinski definition) is 0. The zero-order valence-corrected chi connectivity index (χ0v) is 20.2. The van der Waals surface area contributed by atoms with Crippen molar-refractivity contribution in [2.75, 3.05) is 39.8 Å². The molecule has 1 aliphatic heterocycles. The third-order valence-electron chi connectivity index (χ3n) is 6.09. The minimum absolute atomic E-state index is 0.0918. The molecule has 1 saturated heterocycles. The lowest BCUT2D eigenvalue weighted by Gasteiger charge is -2.35. The van der Waals surface area contributed by atoms with E-state index in [1.165, 1.54) is 11.8 Å². The first-order chi connectivity index (χ1) is 16.0. The number of para-hydroxylation sites is 1. The molecule has 0 aliphatic carbocycles. The Bertz CT molecular complexity index is 1170. The van der Waals surface area contributed by atoms with Gasteiger partial charge in [0.1, 0.15) is 5.75 Å². The van der Waals surface area contributed by atoms with Gasteiger partial charge in [0.25, 0.3) is 5.56 Å². The molecule has 1 amide bonds. The first kappa shape index (κ1) is 23.3. The Morgan fingerprint density at radius 2 is 1.79 bits per heavy atom. The number of likely N-dealkylation sites (N-methyl/N-ethyl adjacent to an activating group) is 1. The number of piperazine rings is 1. The molecule has 0 bridgehead atoms. The van der Waals surface area contributed by atoms with E-state index < -0.39 is 0 Å². The number of thioether (sulfide) groups is 1. The molecule has 2 aromatic carbocycles. The van der Waals surface area contributed by atoms with Crippen LogP contribution < -0.4 is 10.3 Å². The number of amides is 1. The molecule has 33 heavy (non-hydrogen) atoms. The van der Waals surface area contributed by atoms with Gasteiger partial charge < -0.3 is 14.5 Å². The van der Waals surface area contributed by atoms with Crippen molar-refractivity contribution in [2.24, 2.45) is 0 Å². The highest BCUT2D eigenvalue weighted by atomic mass is 32.2. The van der Waals surface area contributed by atoms with Crippen LogP contribution in [0.4, 0.5) is 0 Å². The molecule has 174 valence electrons. The molecule has 1 fully saturated rings. The summed E-state index contributed by atoms with van der Waals surface area (Å²) in [4.78, 5) is 35.6. The third-order valence-corrected chi connectivity index (χ3v) is 7.17. The predicted molar refractivity (Wildman–Crippen MR) is 132 cm³/mol. The van der Waals surface area contributed by atoms with Crippen LogP contribution in [0.25, 0.3) is 10.9 Å². The van der Waals surface area contributed by atoms with Crippen LogP contribution >= 0.6 is 11.8 Å². The van der Waals surface area contributed by atoms with Crippen molar-refractivity contribution in [3.63, 3.8) is 0 Å². The van der Waals surface area contributed by atoms with Crippen LogP contribution in [0.1, 0.15) is 19.4 Å². The van der Waals surface area contributed by atoms with Crippen molar-refractivity contribution in [1.82, 2.24) is 19.4 Å². The maximum atomic E-state index is 13.4. The van der Waals surface area contributed by atoms with Crippen LogP contribution in [0.3, 0.4) is 0 Å². The van der Waals surface area contributed by atoms with E-state index in [0.29, 0.717) is 22.6 Å². The number of carbonyl (C=O) groups excluding carboxylic acids is 1. The quantitative estimate of drug-likeness (QED) is 0.394. The van der Waals surface area contributed by atoms with Gasteiger partial charge in [-0.3, -0.25) is 14.2 Å². The SMILES string of the molecule is CCN1CCN(C(=O)C(C)Sc2nc3ccccc3c(=O)n2Cc2ccc(OC)cc2)CC1. The number of aromatic nitrogens is 2. The Balaban J connectivity index is 1.62. The fourth-order valence-corrected chi connectivity index (χ4v) is 5.03. The molecule has 0 saturated carbocycles. The van der Waals surface area contributed by atoms with Gasteiger partial charge in [-0.15, -0.1) is 0 Å². The molecule has 1 aliphatic rings. The minimum Gasteiger partial charge on any atom is -0.497 e. The normalized spacial score (nSPS) is 15.5. The van der Waals surface area contributed by atoms with E-state index >= 15 is 0 Å². The van der Waals surface area contributed by atoms with E-state index in [9.17, 15) is 9.59 Å². The summed E-state index contributed by atoms with van der Waals surface area (Å²) in [5.41, 5.74) is 1.51. The lowest BCUT2D eigenvalue weighted by Crippen LogP contribution is -2.50. The summed E-state index contributed by atoms with van der Waals surface area (Å²) in [7, 11) is 1.63. The number of rotatable bonds is 7. The number of benzene rings is 2. The van der Waals surface area contributed by atoms with Crippen molar-refractivity contribution in [2.45, 2.75) is 30.8 Å². The molecular formula is C25H30N4O3S. The summed E-state index contributed by atoms with van der Waals surface area (Å²) in [6, 6.07) is 15.0. The van der Waals surface area contributed by atoms with Gasteiger partial charge in [-0.1, -0.05) is 43.0 Å². The Morgan fingerprint density at radius 3 is 2.45 bits per heavy atom. The fourth-order valence-electron chi connectivity index (χ4n) is 4.04. The highest BCUT2D eigenvalue weighted by molar-refractivity contribution is 8.00. The monoisotopic (exact) mass is 466 g/mol. The molecule has 0 N–H and O–H groups in total. The molecule has 4 rings (SSSR count). The number of carbonyl (C=O) groups is 1. The van der Waals surface area contributed by atoms with E-state index in [-0.39, 0.29) is 16.7 Å². The number of fused-ring (bicyclic) bond motifs is 1. The molecule has 3 aromatic rings. The smallest absolute Gasteiger partial charge is 0.262 e. The summed E-state index contributed by atoms with van der Waals surface area (Å²) in [5.74, 6) is 0.855. The second kappa shape index (κ2) is 10.4. The number of methoxy groups -OCH3 is 1. The van der Waals surface area contributed by atoms with Crippen LogP contribution in [0, 0.1) is 0 Å². The molecule has 2 heterocycles. The largest absolute Gasteiger partial charge is 0.497 e. The number of nitrogens with zero attached hydrogens (tertiary/aromatic N) is 4. The Kier molecular flexibility index (Phi) is 7.35. The molecule has 8 heteroatoms. The van der Waals surface area contributed by atoms with Crippen molar-refractivity contribution >= 4 is 28.6 Å². The fraction of sp³-hybridized carbons (Fsp3) is 0.400. The van der Waals surface area contributed by atoms with E-state index in [1.807, 2.05) is 54.3 Å². The second-order valence-electron chi connectivity index (χ2n) is 8.17. The van der Waals surface area contributed by atoms with Crippen LogP contribution in [0.15, 0.2) is 58.5 Å². The topological polar surface area (TPSA) is 67.7 Å². The van der Waals surface area contributed by atoms with E-state index in [1.54, 1.807) is 17.7 Å². The van der Waals surface area contributed by atoms with Crippen LogP contribution in [0.2, 0.25) is 0 Å². The van der Waals surface area contributed by atoms with Crippen molar-refractivity contribution < 1.29 is 9.53 Å². The van der Waals surface area contributed by atoms with Gasteiger partial charge in [0.2, 0.25) is 5.91 Å². The summed E-state index contributed by atoms with van der Waals surface area (Å²) >= 11 is 1.36. The minimum atomic E-state index is -0.339. The molecule has 0 spiro atoms. The highest BCUT2D eigenvalue weighted by Crippen LogP contribution is 2.25. The van der Waals surface area contributed by atoms with Gasteiger partial charge in [-0.25, -0.2) is 4.98 Å².